The second-order valence-corrected chi connectivity index (χ2v) is 4.27. The van der Waals surface area contributed by atoms with Crippen molar-refractivity contribution in [3.05, 3.63) is 35.6 Å². The Balaban J connectivity index is 2.79. The molecule has 0 spiro atoms. The van der Waals surface area contributed by atoms with Crippen LogP contribution in [0.3, 0.4) is 0 Å². The Morgan fingerprint density at radius 3 is 2.41 bits per heavy atom. The average Bonchev–Trinajstić information content (AvgIpc) is 2.32. The lowest BCUT2D eigenvalue weighted by molar-refractivity contribution is 0.0910. The lowest BCUT2D eigenvalue weighted by Gasteiger charge is -2.32. The van der Waals surface area contributed by atoms with Crippen LogP contribution in [-0.2, 0) is 4.74 Å². The number of halogens is 1. The van der Waals surface area contributed by atoms with E-state index in [1.165, 1.54) is 12.1 Å². The van der Waals surface area contributed by atoms with Crippen LogP contribution in [0.4, 0.5) is 4.39 Å². The zero-order valence-corrected chi connectivity index (χ0v) is 10.7. The molecule has 2 N–H and O–H groups in total. The van der Waals surface area contributed by atoms with Gasteiger partial charge in [-0.25, -0.2) is 4.39 Å². The van der Waals surface area contributed by atoms with E-state index in [4.69, 9.17) is 10.5 Å². The van der Waals surface area contributed by atoms with Crippen LogP contribution >= 0.6 is 0 Å². The van der Waals surface area contributed by atoms with Gasteiger partial charge in [0.25, 0.3) is 0 Å². The Morgan fingerprint density at radius 2 is 1.94 bits per heavy atom. The first-order valence-corrected chi connectivity index (χ1v) is 5.76. The van der Waals surface area contributed by atoms with E-state index in [2.05, 4.69) is 11.8 Å². The lowest BCUT2D eigenvalue weighted by Crippen LogP contribution is -2.39. The maximum absolute atomic E-state index is 12.9. The summed E-state index contributed by atoms with van der Waals surface area (Å²) >= 11 is 0. The normalized spacial score (nSPS) is 14.9. The van der Waals surface area contributed by atoms with E-state index >= 15 is 0 Å². The highest BCUT2D eigenvalue weighted by Crippen LogP contribution is 2.20. The molecule has 1 rings (SSSR count). The fourth-order valence-electron chi connectivity index (χ4n) is 1.89. The Morgan fingerprint density at radius 1 is 1.35 bits per heavy atom. The fourth-order valence-corrected chi connectivity index (χ4v) is 1.89. The van der Waals surface area contributed by atoms with Crippen molar-refractivity contribution in [2.24, 2.45) is 5.73 Å². The molecule has 96 valence electrons. The molecule has 0 saturated heterocycles. The number of hydrogen-bond donors (Lipinski definition) is 1. The monoisotopic (exact) mass is 240 g/mol. The van der Waals surface area contributed by atoms with Gasteiger partial charge in [-0.3, -0.25) is 4.90 Å². The molecule has 0 radical (unpaired) electrons. The molecule has 0 aliphatic carbocycles. The smallest absolute Gasteiger partial charge is 0.123 e. The average molecular weight is 240 g/mol. The molecule has 0 amide bonds. The van der Waals surface area contributed by atoms with E-state index < -0.39 is 0 Å². The van der Waals surface area contributed by atoms with Crippen LogP contribution in [0.2, 0.25) is 0 Å². The summed E-state index contributed by atoms with van der Waals surface area (Å²) in [5, 5.41) is 0. The van der Waals surface area contributed by atoms with E-state index in [9.17, 15) is 4.39 Å². The molecule has 0 aromatic heterocycles. The molecule has 2 atom stereocenters. The highest BCUT2D eigenvalue weighted by molar-refractivity contribution is 5.20. The number of hydrogen-bond acceptors (Lipinski definition) is 3. The van der Waals surface area contributed by atoms with E-state index in [-0.39, 0.29) is 17.9 Å². The van der Waals surface area contributed by atoms with Crippen molar-refractivity contribution in [3.8, 4) is 0 Å². The van der Waals surface area contributed by atoms with Crippen molar-refractivity contribution < 1.29 is 9.13 Å². The molecule has 1 aromatic rings. The van der Waals surface area contributed by atoms with Gasteiger partial charge < -0.3 is 10.5 Å². The summed E-state index contributed by atoms with van der Waals surface area (Å²) in [7, 11) is 3.68. The fraction of sp³-hybridized carbons (Fsp3) is 0.538. The molecule has 17 heavy (non-hydrogen) atoms. The molecule has 0 bridgehead atoms. The van der Waals surface area contributed by atoms with E-state index in [0.717, 1.165) is 5.56 Å². The van der Waals surface area contributed by atoms with Gasteiger partial charge in [0.2, 0.25) is 0 Å². The van der Waals surface area contributed by atoms with Crippen LogP contribution in [-0.4, -0.2) is 38.3 Å². The van der Waals surface area contributed by atoms with Gasteiger partial charge >= 0.3 is 0 Å². The van der Waals surface area contributed by atoms with Gasteiger partial charge in [0.15, 0.2) is 0 Å². The van der Waals surface area contributed by atoms with Crippen molar-refractivity contribution >= 4 is 0 Å². The zero-order chi connectivity index (χ0) is 12.8. The Labute approximate surface area is 102 Å². The van der Waals surface area contributed by atoms with Crippen LogP contribution in [0.5, 0.6) is 0 Å². The Hall–Kier alpha value is -0.970. The summed E-state index contributed by atoms with van der Waals surface area (Å²) in [4.78, 5) is 2.15. The van der Waals surface area contributed by atoms with Gasteiger partial charge in [0.1, 0.15) is 5.82 Å². The highest BCUT2D eigenvalue weighted by Gasteiger charge is 2.20. The molecule has 0 aliphatic heterocycles. The molecule has 0 fully saturated rings. The van der Waals surface area contributed by atoms with Gasteiger partial charge in [-0.15, -0.1) is 0 Å². The third-order valence-electron chi connectivity index (χ3n) is 3.07. The van der Waals surface area contributed by atoms with Gasteiger partial charge in [0, 0.05) is 25.7 Å². The standard InChI is InChI=1S/C13H21FN2O/c1-10(9-17-3)16(2)13(8-15)11-4-6-12(14)7-5-11/h4-7,10,13H,8-9,15H2,1-3H3. The molecule has 3 nitrogen and oxygen atoms in total. The summed E-state index contributed by atoms with van der Waals surface area (Å²) in [6, 6.07) is 6.84. The Kier molecular flexibility index (Phi) is 5.55. The quantitative estimate of drug-likeness (QED) is 0.824. The largest absolute Gasteiger partial charge is 0.383 e. The number of nitrogens with two attached hydrogens (primary N) is 1. The number of nitrogens with zero attached hydrogens (tertiary/aromatic N) is 1. The molecule has 0 heterocycles. The Bertz CT molecular complexity index is 329. The van der Waals surface area contributed by atoms with Crippen LogP contribution in [0.15, 0.2) is 24.3 Å². The second kappa shape index (κ2) is 6.69. The van der Waals surface area contributed by atoms with Crippen LogP contribution in [0.25, 0.3) is 0 Å². The second-order valence-electron chi connectivity index (χ2n) is 4.27. The third-order valence-corrected chi connectivity index (χ3v) is 3.07. The number of ether oxygens (including phenoxy) is 1. The third kappa shape index (κ3) is 3.77. The number of benzene rings is 1. The lowest BCUT2D eigenvalue weighted by atomic mass is 10.0. The minimum Gasteiger partial charge on any atom is -0.383 e. The van der Waals surface area contributed by atoms with E-state index in [1.54, 1.807) is 19.2 Å². The maximum atomic E-state index is 12.9. The first kappa shape index (κ1) is 14.1. The number of rotatable bonds is 6. The van der Waals surface area contributed by atoms with Crippen molar-refractivity contribution in [1.82, 2.24) is 4.90 Å². The summed E-state index contributed by atoms with van der Waals surface area (Å²) in [6.07, 6.45) is 0. The molecule has 0 aliphatic rings. The highest BCUT2D eigenvalue weighted by atomic mass is 19.1. The topological polar surface area (TPSA) is 38.5 Å². The molecule has 4 heteroatoms. The van der Waals surface area contributed by atoms with Gasteiger partial charge in [-0.1, -0.05) is 12.1 Å². The summed E-state index contributed by atoms with van der Waals surface area (Å²) in [5.41, 5.74) is 6.83. The maximum Gasteiger partial charge on any atom is 0.123 e. The zero-order valence-electron chi connectivity index (χ0n) is 10.7. The summed E-state index contributed by atoms with van der Waals surface area (Å²) < 4.78 is 18.0. The van der Waals surface area contributed by atoms with Crippen LogP contribution in [0.1, 0.15) is 18.5 Å². The van der Waals surface area contributed by atoms with Crippen molar-refractivity contribution in [2.75, 3.05) is 27.3 Å². The molecule has 0 saturated carbocycles. The van der Waals surface area contributed by atoms with E-state index in [1.807, 2.05) is 7.05 Å². The molecular weight excluding hydrogens is 219 g/mol. The minimum absolute atomic E-state index is 0.0840. The SMILES string of the molecule is COCC(C)N(C)C(CN)c1ccc(F)cc1. The van der Waals surface area contributed by atoms with Crippen molar-refractivity contribution in [2.45, 2.75) is 19.0 Å². The van der Waals surface area contributed by atoms with Gasteiger partial charge in [-0.2, -0.15) is 0 Å². The predicted molar refractivity (Wildman–Crippen MR) is 67.3 cm³/mol. The van der Waals surface area contributed by atoms with Crippen molar-refractivity contribution in [3.63, 3.8) is 0 Å². The van der Waals surface area contributed by atoms with Gasteiger partial charge in [0.05, 0.1) is 6.61 Å². The van der Waals surface area contributed by atoms with Crippen LogP contribution in [0, 0.1) is 5.82 Å². The van der Waals surface area contributed by atoms with Crippen LogP contribution < -0.4 is 5.73 Å². The molecule has 2 unspecified atom stereocenters. The number of likely N-dealkylation sites (N-methyl/N-ethyl adjacent to an activating group) is 1. The minimum atomic E-state index is -0.225. The van der Waals surface area contributed by atoms with Crippen molar-refractivity contribution in [1.29, 1.82) is 0 Å². The first-order valence-electron chi connectivity index (χ1n) is 5.76. The van der Waals surface area contributed by atoms with E-state index in [0.29, 0.717) is 13.2 Å². The molecular formula is C13H21FN2O. The predicted octanol–water partition coefficient (Wildman–Crippen LogP) is 1.79. The van der Waals surface area contributed by atoms with Gasteiger partial charge in [-0.05, 0) is 31.7 Å². The number of methoxy groups -OCH3 is 1. The summed E-state index contributed by atoms with van der Waals surface area (Å²) in [5.74, 6) is -0.225. The first-order chi connectivity index (χ1) is 8.10. The summed E-state index contributed by atoms with van der Waals surface area (Å²) in [6.45, 7) is 3.22. The molecule has 1 aromatic carbocycles.